The summed E-state index contributed by atoms with van der Waals surface area (Å²) in [5.41, 5.74) is 5.42. The summed E-state index contributed by atoms with van der Waals surface area (Å²) in [4.78, 5) is 20.4. The van der Waals surface area contributed by atoms with E-state index in [4.69, 9.17) is 5.73 Å². The molecule has 0 aliphatic carbocycles. The van der Waals surface area contributed by atoms with E-state index in [-0.39, 0.29) is 61.3 Å². The zero-order chi connectivity index (χ0) is 39.6. The Labute approximate surface area is 378 Å². The summed E-state index contributed by atoms with van der Waals surface area (Å²) >= 11 is 0. The fraction of sp³-hybridized carbons (Fsp3) is 0.875. The number of allylic oxidation sites excluding steroid dienone is 4. The molecule has 0 heterocycles. The number of carboxylic acids is 2. The van der Waals surface area contributed by atoms with Gasteiger partial charge in [-0.3, -0.25) is 0 Å². The normalized spacial score (nSPS) is 10.7. The molecule has 0 atom stereocenters. The van der Waals surface area contributed by atoms with E-state index in [1.165, 1.54) is 193 Å². The van der Waals surface area contributed by atoms with Gasteiger partial charge in [-0.1, -0.05) is 206 Å². The van der Waals surface area contributed by atoms with E-state index in [1.807, 2.05) is 0 Å². The van der Waals surface area contributed by atoms with Gasteiger partial charge < -0.3 is 25.5 Å². The van der Waals surface area contributed by atoms with Gasteiger partial charge in [0, 0.05) is 11.9 Å². The number of aliphatic carboxylic acids is 2. The molecule has 0 saturated heterocycles. The van der Waals surface area contributed by atoms with E-state index >= 15 is 0 Å². The number of nitrogens with two attached hydrogens (primary N) is 1. The first kappa shape index (κ1) is 64.1. The standard InChI is InChI=1S/2C18H34O2.C12H27N.Li.Na/c2*1-2-3-4-5-6-7-8-9-10-11-12-13-14-15-16-17-18(19)20;1-2-3-4-5-6-7-8-9-10-11-12-13;;/h2*9-10H,2-8,11-17H2,1H3,(H,19,20);2-13H2,1H3;;/q;;;2*+1/p-2/b2*10-9-;;;. The van der Waals surface area contributed by atoms with Gasteiger partial charge in [-0.2, -0.15) is 0 Å². The molecule has 0 radical (unpaired) electrons. The van der Waals surface area contributed by atoms with Gasteiger partial charge in [0.25, 0.3) is 0 Å². The van der Waals surface area contributed by atoms with Crippen LogP contribution in [0.4, 0.5) is 0 Å². The molecule has 316 valence electrons. The molecule has 0 fully saturated rings. The summed E-state index contributed by atoms with van der Waals surface area (Å²) in [6, 6.07) is 0. The number of unbranched alkanes of at least 4 members (excludes halogenated alkanes) is 31. The van der Waals surface area contributed by atoms with E-state index in [0.717, 1.165) is 45.1 Å². The van der Waals surface area contributed by atoms with Crippen molar-refractivity contribution in [2.24, 2.45) is 5.73 Å². The molecule has 0 aliphatic rings. The maximum Gasteiger partial charge on any atom is 1.00 e. The van der Waals surface area contributed by atoms with E-state index in [2.05, 4.69) is 45.1 Å². The fourth-order valence-electron chi connectivity index (χ4n) is 6.31. The van der Waals surface area contributed by atoms with Crippen LogP contribution in [-0.4, -0.2) is 18.5 Å². The van der Waals surface area contributed by atoms with Crippen molar-refractivity contribution in [2.75, 3.05) is 6.54 Å². The number of rotatable bonds is 40. The Morgan fingerprint density at radius 1 is 0.364 bits per heavy atom. The summed E-state index contributed by atoms with van der Waals surface area (Å²) in [6.07, 6.45) is 55.7. The SMILES string of the molecule is CCCCCCCC/C=C\CCCCCCCC(=O)[O-].CCCCCCCC/C=C\CCCCCCCC(=O)[O-].CCCCCCCCCCCCN.[Li+].[Na+]. The van der Waals surface area contributed by atoms with E-state index in [9.17, 15) is 19.8 Å². The van der Waals surface area contributed by atoms with Crippen LogP contribution in [0.5, 0.6) is 0 Å². The second-order valence-corrected chi connectivity index (χ2v) is 15.4. The molecule has 0 aliphatic heterocycles. The summed E-state index contributed by atoms with van der Waals surface area (Å²) in [7, 11) is 0. The summed E-state index contributed by atoms with van der Waals surface area (Å²) in [5.74, 6) is -1.83. The summed E-state index contributed by atoms with van der Waals surface area (Å²) in [5, 5.41) is 20.4. The van der Waals surface area contributed by atoms with Crippen molar-refractivity contribution in [2.45, 2.75) is 265 Å². The van der Waals surface area contributed by atoms with E-state index < -0.39 is 11.9 Å². The van der Waals surface area contributed by atoms with Crippen LogP contribution in [0.25, 0.3) is 0 Å². The molecule has 2 N–H and O–H groups in total. The predicted octanol–water partition coefficient (Wildman–Crippen LogP) is 7.42. The third-order valence-electron chi connectivity index (χ3n) is 9.84. The number of carbonyl (C=O) groups is 2. The van der Waals surface area contributed by atoms with Crippen molar-refractivity contribution in [1.29, 1.82) is 0 Å². The second-order valence-electron chi connectivity index (χ2n) is 15.4. The molecule has 0 aromatic carbocycles. The number of carbonyl (C=O) groups excluding carboxylic acids is 2. The van der Waals surface area contributed by atoms with E-state index in [0.29, 0.717) is 0 Å². The Hall–Kier alpha value is -0.0226. The Morgan fingerprint density at radius 2 is 0.564 bits per heavy atom. The summed E-state index contributed by atoms with van der Waals surface area (Å²) in [6.45, 7) is 7.65. The second kappa shape index (κ2) is 63.2. The molecule has 0 spiro atoms. The smallest absolute Gasteiger partial charge is 0.550 e. The molecule has 5 nitrogen and oxygen atoms in total. The molecular formula is C48H93LiNNaO4. The average Bonchev–Trinajstić information content (AvgIpc) is 3.14. The molecular weight excluding hydrogens is 684 g/mol. The van der Waals surface area contributed by atoms with E-state index in [1.54, 1.807) is 0 Å². The zero-order valence-electron chi connectivity index (χ0n) is 38.1. The molecule has 0 rings (SSSR count). The van der Waals surface area contributed by atoms with Crippen LogP contribution in [0.1, 0.15) is 265 Å². The van der Waals surface area contributed by atoms with Crippen molar-refractivity contribution < 1.29 is 68.2 Å². The maximum atomic E-state index is 10.2. The minimum Gasteiger partial charge on any atom is -0.550 e. The minimum atomic E-state index is -0.914. The Kier molecular flexibility index (Phi) is 73.6. The molecule has 0 unspecified atom stereocenters. The Morgan fingerprint density at radius 3 is 0.782 bits per heavy atom. The monoisotopic (exact) mass is 778 g/mol. The first-order valence-corrected chi connectivity index (χ1v) is 23.4. The van der Waals surface area contributed by atoms with Gasteiger partial charge in [-0.15, -0.1) is 0 Å². The van der Waals surface area contributed by atoms with Crippen molar-refractivity contribution in [3.8, 4) is 0 Å². The molecule has 0 amide bonds. The molecule has 0 aromatic rings. The van der Waals surface area contributed by atoms with Crippen molar-refractivity contribution in [1.82, 2.24) is 0 Å². The van der Waals surface area contributed by atoms with Gasteiger partial charge >= 0.3 is 48.4 Å². The van der Waals surface area contributed by atoms with Crippen LogP contribution in [0.15, 0.2) is 24.3 Å². The minimum absolute atomic E-state index is 0. The van der Waals surface area contributed by atoms with Gasteiger partial charge in [0.05, 0.1) is 0 Å². The maximum absolute atomic E-state index is 10.2. The first-order valence-electron chi connectivity index (χ1n) is 23.4. The Balaban J connectivity index is -0.000000229. The third-order valence-corrected chi connectivity index (χ3v) is 9.84. The van der Waals surface area contributed by atoms with Crippen molar-refractivity contribution in [3.05, 3.63) is 24.3 Å². The van der Waals surface area contributed by atoms with Crippen LogP contribution < -0.4 is 64.4 Å². The third kappa shape index (κ3) is 75.4. The molecule has 0 aromatic heterocycles. The zero-order valence-corrected chi connectivity index (χ0v) is 40.1. The first-order chi connectivity index (χ1) is 26.0. The van der Waals surface area contributed by atoms with Gasteiger partial charge in [-0.05, 0) is 90.0 Å². The number of hydrogen-bond acceptors (Lipinski definition) is 5. The quantitative estimate of drug-likeness (QED) is 0.0396. The summed E-state index contributed by atoms with van der Waals surface area (Å²) < 4.78 is 0. The van der Waals surface area contributed by atoms with Crippen molar-refractivity contribution >= 4 is 11.9 Å². The van der Waals surface area contributed by atoms with Crippen LogP contribution in [0.3, 0.4) is 0 Å². The van der Waals surface area contributed by atoms with Crippen LogP contribution in [-0.2, 0) is 9.59 Å². The number of carboxylic acid groups (broad SMARTS) is 2. The molecule has 7 heteroatoms. The van der Waals surface area contributed by atoms with Gasteiger partial charge in [-0.25, -0.2) is 0 Å². The van der Waals surface area contributed by atoms with Crippen LogP contribution in [0, 0.1) is 0 Å². The predicted molar refractivity (Wildman–Crippen MR) is 230 cm³/mol. The molecule has 0 saturated carbocycles. The van der Waals surface area contributed by atoms with Gasteiger partial charge in [0.15, 0.2) is 0 Å². The van der Waals surface area contributed by atoms with Gasteiger partial charge in [0.2, 0.25) is 0 Å². The molecule has 55 heavy (non-hydrogen) atoms. The largest absolute Gasteiger partial charge is 1.00 e. The van der Waals surface area contributed by atoms with Crippen LogP contribution >= 0.6 is 0 Å². The topological polar surface area (TPSA) is 106 Å². The van der Waals surface area contributed by atoms with Gasteiger partial charge in [0.1, 0.15) is 0 Å². The number of hydrogen-bond donors (Lipinski definition) is 1. The van der Waals surface area contributed by atoms with Crippen LogP contribution in [0.2, 0.25) is 0 Å². The average molecular weight is 778 g/mol. The van der Waals surface area contributed by atoms with Crippen molar-refractivity contribution in [3.63, 3.8) is 0 Å². The Bertz CT molecular complexity index is 689. The fourth-order valence-corrected chi connectivity index (χ4v) is 6.31. The molecule has 0 bridgehead atoms.